The maximum atomic E-state index is 14.5. The summed E-state index contributed by atoms with van der Waals surface area (Å²) >= 11 is 0. The highest BCUT2D eigenvalue weighted by Crippen LogP contribution is 2.27. The molecule has 0 saturated heterocycles. The zero-order chi connectivity index (χ0) is 31.9. The number of anilines is 1. The van der Waals surface area contributed by atoms with E-state index in [4.69, 9.17) is 0 Å². The van der Waals surface area contributed by atoms with Crippen molar-refractivity contribution in [3.8, 4) is 0 Å². The van der Waals surface area contributed by atoms with Crippen LogP contribution in [0.15, 0.2) is 108 Å². The summed E-state index contributed by atoms with van der Waals surface area (Å²) in [5, 5.41) is 2.99. The molecule has 7 nitrogen and oxygen atoms in total. The monoisotopic (exact) mass is 611 g/mol. The molecule has 0 saturated carbocycles. The van der Waals surface area contributed by atoms with Crippen LogP contribution in [-0.4, -0.2) is 43.8 Å². The summed E-state index contributed by atoms with van der Waals surface area (Å²) in [5.41, 5.74) is 5.02. The van der Waals surface area contributed by atoms with Gasteiger partial charge in [0.15, 0.2) is 0 Å². The van der Waals surface area contributed by atoms with Crippen LogP contribution < -0.4 is 9.62 Å². The molecule has 0 fully saturated rings. The van der Waals surface area contributed by atoms with Crippen molar-refractivity contribution in [2.75, 3.05) is 10.8 Å². The average Bonchev–Trinajstić information content (AvgIpc) is 3.00. The molecule has 2 amide bonds. The number of benzene rings is 4. The molecule has 8 heteroatoms. The Hall–Kier alpha value is -4.43. The maximum Gasteiger partial charge on any atom is 0.264 e. The quantitative estimate of drug-likeness (QED) is 0.214. The number of carbonyl (C=O) groups is 2. The lowest BCUT2D eigenvalue weighted by Crippen LogP contribution is -2.54. The van der Waals surface area contributed by atoms with E-state index in [-0.39, 0.29) is 29.8 Å². The lowest BCUT2D eigenvalue weighted by Gasteiger charge is -2.34. The summed E-state index contributed by atoms with van der Waals surface area (Å²) in [4.78, 5) is 29.9. The summed E-state index contributed by atoms with van der Waals surface area (Å²) in [6, 6.07) is 29.7. The van der Waals surface area contributed by atoms with Crippen molar-refractivity contribution in [1.82, 2.24) is 10.2 Å². The van der Waals surface area contributed by atoms with Gasteiger partial charge in [-0.1, -0.05) is 78.9 Å². The van der Waals surface area contributed by atoms with E-state index >= 15 is 0 Å². The maximum absolute atomic E-state index is 14.5. The highest BCUT2D eigenvalue weighted by atomic mass is 32.2. The number of nitrogens with one attached hydrogen (secondary N) is 1. The van der Waals surface area contributed by atoms with Crippen LogP contribution in [0.1, 0.15) is 41.7 Å². The van der Waals surface area contributed by atoms with Gasteiger partial charge >= 0.3 is 0 Å². The van der Waals surface area contributed by atoms with Crippen molar-refractivity contribution in [3.63, 3.8) is 0 Å². The Morgan fingerprint density at radius 3 is 1.98 bits per heavy atom. The minimum absolute atomic E-state index is 0.0786. The predicted octanol–water partition coefficient (Wildman–Crippen LogP) is 5.97. The van der Waals surface area contributed by atoms with Crippen molar-refractivity contribution in [1.29, 1.82) is 0 Å². The van der Waals surface area contributed by atoms with E-state index < -0.39 is 28.5 Å². The third-order valence-corrected chi connectivity index (χ3v) is 9.48. The van der Waals surface area contributed by atoms with Crippen LogP contribution in [0.25, 0.3) is 0 Å². The Morgan fingerprint density at radius 1 is 0.750 bits per heavy atom. The number of hydrogen-bond donors (Lipinski definition) is 1. The lowest BCUT2D eigenvalue weighted by atomic mass is 10.0. The van der Waals surface area contributed by atoms with Gasteiger partial charge in [0, 0.05) is 19.0 Å². The second-order valence-electron chi connectivity index (χ2n) is 11.4. The molecule has 1 N–H and O–H groups in total. The summed E-state index contributed by atoms with van der Waals surface area (Å²) in [7, 11) is -4.13. The largest absolute Gasteiger partial charge is 0.352 e. The number of amides is 2. The molecule has 4 aromatic carbocycles. The average molecular weight is 612 g/mol. The smallest absolute Gasteiger partial charge is 0.264 e. The van der Waals surface area contributed by atoms with E-state index in [0.717, 1.165) is 32.1 Å². The number of nitrogens with zero attached hydrogens (tertiary/aromatic N) is 2. The van der Waals surface area contributed by atoms with Gasteiger partial charge in [-0.2, -0.15) is 0 Å². The van der Waals surface area contributed by atoms with E-state index in [0.29, 0.717) is 5.69 Å². The molecule has 0 aliphatic carbocycles. The van der Waals surface area contributed by atoms with Crippen molar-refractivity contribution in [2.45, 2.75) is 64.6 Å². The molecular weight excluding hydrogens is 570 g/mol. The second-order valence-corrected chi connectivity index (χ2v) is 13.3. The van der Waals surface area contributed by atoms with Crippen LogP contribution in [0.2, 0.25) is 0 Å². The molecule has 0 radical (unpaired) electrons. The normalized spacial score (nSPS) is 12.0. The van der Waals surface area contributed by atoms with Gasteiger partial charge in [0.25, 0.3) is 10.0 Å². The Labute approximate surface area is 261 Å². The van der Waals surface area contributed by atoms with Gasteiger partial charge in [-0.15, -0.1) is 0 Å². The van der Waals surface area contributed by atoms with Crippen molar-refractivity contribution >= 4 is 27.5 Å². The Balaban J connectivity index is 1.82. The van der Waals surface area contributed by atoms with Gasteiger partial charge < -0.3 is 10.2 Å². The Morgan fingerprint density at radius 2 is 1.36 bits per heavy atom. The van der Waals surface area contributed by atoms with E-state index in [9.17, 15) is 18.0 Å². The summed E-state index contributed by atoms with van der Waals surface area (Å²) < 4.78 is 29.4. The minimum atomic E-state index is -4.13. The number of rotatable bonds is 12. The van der Waals surface area contributed by atoms with Crippen LogP contribution >= 0.6 is 0 Å². The summed E-state index contributed by atoms with van der Waals surface area (Å²) in [5.74, 6) is -0.778. The van der Waals surface area contributed by atoms with E-state index in [1.165, 1.54) is 17.0 Å². The summed E-state index contributed by atoms with van der Waals surface area (Å²) in [6.45, 7) is 9.22. The second kappa shape index (κ2) is 14.4. The van der Waals surface area contributed by atoms with E-state index in [1.54, 1.807) is 30.3 Å². The molecule has 0 aliphatic heterocycles. The third kappa shape index (κ3) is 7.94. The Bertz CT molecular complexity index is 1690. The lowest BCUT2D eigenvalue weighted by molar-refractivity contribution is -0.140. The fourth-order valence-corrected chi connectivity index (χ4v) is 6.46. The molecule has 0 aliphatic rings. The van der Waals surface area contributed by atoms with Gasteiger partial charge in [0.1, 0.15) is 12.6 Å². The van der Waals surface area contributed by atoms with Crippen LogP contribution in [-0.2, 0) is 32.6 Å². The SMILES string of the molecule is Cc1ccc(N(CC(=O)N(Cc2ccccc2C)[C@@H](Cc2ccccc2)C(=O)NC(C)C)S(=O)(=O)c2ccccc2)cc1C. The number of carbonyl (C=O) groups excluding carboxylic acids is 2. The van der Waals surface area contributed by atoms with Crippen molar-refractivity contribution < 1.29 is 18.0 Å². The molecule has 0 aromatic heterocycles. The Kier molecular flexibility index (Phi) is 10.6. The number of aryl methyl sites for hydroxylation is 3. The van der Waals surface area contributed by atoms with E-state index in [1.807, 2.05) is 95.3 Å². The third-order valence-electron chi connectivity index (χ3n) is 7.69. The van der Waals surface area contributed by atoms with Crippen LogP contribution in [0.4, 0.5) is 5.69 Å². The van der Waals surface area contributed by atoms with Crippen LogP contribution in [0, 0.1) is 20.8 Å². The molecule has 0 heterocycles. The fourth-order valence-electron chi connectivity index (χ4n) is 5.03. The molecule has 4 aromatic rings. The first-order valence-corrected chi connectivity index (χ1v) is 16.2. The highest BCUT2D eigenvalue weighted by Gasteiger charge is 2.35. The first-order valence-electron chi connectivity index (χ1n) is 14.8. The molecule has 0 unspecified atom stereocenters. The molecule has 230 valence electrons. The van der Waals surface area contributed by atoms with Crippen molar-refractivity contribution in [2.24, 2.45) is 0 Å². The number of hydrogen-bond acceptors (Lipinski definition) is 4. The first kappa shape index (κ1) is 32.5. The van der Waals surface area contributed by atoms with E-state index in [2.05, 4.69) is 5.32 Å². The standard InChI is InChI=1S/C36H41N3O4S/c1-26(2)37-36(41)34(23-30-15-8-6-9-16-30)38(24-31-17-13-12-14-28(31)4)35(40)25-39(32-21-20-27(3)29(5)22-32)44(42,43)33-18-10-7-11-19-33/h6-22,26,34H,23-25H2,1-5H3,(H,37,41)/t34-/m0/s1. The molecule has 4 rings (SSSR count). The van der Waals surface area contributed by atoms with Gasteiger partial charge in [0.2, 0.25) is 11.8 Å². The van der Waals surface area contributed by atoms with Gasteiger partial charge in [-0.05, 0) is 86.7 Å². The molecule has 0 spiro atoms. The molecular formula is C36H41N3O4S. The first-order chi connectivity index (χ1) is 21.0. The minimum Gasteiger partial charge on any atom is -0.352 e. The fraction of sp³-hybridized carbons (Fsp3) is 0.278. The van der Waals surface area contributed by atoms with Gasteiger partial charge in [0.05, 0.1) is 10.6 Å². The highest BCUT2D eigenvalue weighted by molar-refractivity contribution is 7.92. The molecule has 0 bridgehead atoms. The van der Waals surface area contributed by atoms with Crippen molar-refractivity contribution in [3.05, 3.63) is 131 Å². The zero-order valence-electron chi connectivity index (χ0n) is 26.0. The zero-order valence-corrected chi connectivity index (χ0v) is 26.8. The van der Waals surface area contributed by atoms with Gasteiger partial charge in [-0.25, -0.2) is 8.42 Å². The van der Waals surface area contributed by atoms with Crippen LogP contribution in [0.5, 0.6) is 0 Å². The van der Waals surface area contributed by atoms with Gasteiger partial charge in [-0.3, -0.25) is 13.9 Å². The van der Waals surface area contributed by atoms with Crippen LogP contribution in [0.3, 0.4) is 0 Å². The molecule has 44 heavy (non-hydrogen) atoms. The topological polar surface area (TPSA) is 86.8 Å². The summed E-state index contributed by atoms with van der Waals surface area (Å²) in [6.07, 6.45) is 0.270. The predicted molar refractivity (Wildman–Crippen MR) is 176 cm³/mol. The molecule has 1 atom stereocenters. The number of sulfonamides is 1.